The van der Waals surface area contributed by atoms with Crippen molar-refractivity contribution in [3.05, 3.63) is 0 Å². The van der Waals surface area contributed by atoms with Crippen molar-refractivity contribution in [3.8, 4) is 0 Å². The van der Waals surface area contributed by atoms with Crippen molar-refractivity contribution in [2.24, 2.45) is 11.7 Å². The molecule has 0 aromatic carbocycles. The highest BCUT2D eigenvalue weighted by atomic mass is 19.4. The Hall–Kier alpha value is -1.31. The Balaban J connectivity index is 0. The highest BCUT2D eigenvalue weighted by molar-refractivity contribution is 5.76. The van der Waals surface area contributed by atoms with E-state index in [9.17, 15) is 22.8 Å². The van der Waals surface area contributed by atoms with E-state index < -0.39 is 29.8 Å². The molecule has 114 valence electrons. The number of carbonyl (C=O) groups excluding carboxylic acids is 1. The average molecular weight is 287 g/mol. The molecular formula is C11H20F3NO4. The Kier molecular flexibility index (Phi) is 7.71. The van der Waals surface area contributed by atoms with Gasteiger partial charge in [-0.15, -0.1) is 0 Å². The van der Waals surface area contributed by atoms with Crippen LogP contribution in [0.2, 0.25) is 0 Å². The van der Waals surface area contributed by atoms with E-state index in [0.29, 0.717) is 0 Å². The Morgan fingerprint density at radius 2 is 1.53 bits per heavy atom. The molecule has 0 saturated carbocycles. The largest absolute Gasteiger partial charge is 0.490 e. The molecular weight excluding hydrogens is 267 g/mol. The van der Waals surface area contributed by atoms with Crippen molar-refractivity contribution in [1.82, 2.24) is 0 Å². The fourth-order valence-corrected chi connectivity index (χ4v) is 0.621. The molecule has 3 N–H and O–H groups in total. The van der Waals surface area contributed by atoms with Gasteiger partial charge in [-0.05, 0) is 26.7 Å². The smallest absolute Gasteiger partial charge is 0.480 e. The maximum Gasteiger partial charge on any atom is 0.490 e. The summed E-state index contributed by atoms with van der Waals surface area (Å²) in [6, 6.07) is -0.713. The number of hydrogen-bond donors (Lipinski definition) is 2. The molecule has 1 atom stereocenters. The molecule has 0 radical (unpaired) electrons. The van der Waals surface area contributed by atoms with Gasteiger partial charge in [-0.3, -0.25) is 4.79 Å². The SMILES string of the molecule is CC(C)(C)OC(=O)C(F)(F)F.CC(C)C(N)C(=O)O. The molecule has 0 heterocycles. The third-order valence-corrected chi connectivity index (χ3v) is 1.63. The second-order valence-electron chi connectivity index (χ2n) is 5.11. The lowest BCUT2D eigenvalue weighted by atomic mass is 10.1. The summed E-state index contributed by atoms with van der Waals surface area (Å²) in [6.45, 7) is 7.67. The molecule has 0 fully saturated rings. The molecule has 0 rings (SSSR count). The number of ether oxygens (including phenoxy) is 1. The van der Waals surface area contributed by atoms with Gasteiger partial charge in [0, 0.05) is 0 Å². The van der Waals surface area contributed by atoms with E-state index in [1.54, 1.807) is 13.8 Å². The summed E-state index contributed by atoms with van der Waals surface area (Å²) < 4.78 is 38.6. The second-order valence-corrected chi connectivity index (χ2v) is 5.11. The average Bonchev–Trinajstić information content (AvgIpc) is 2.12. The zero-order chi connectivity index (χ0) is 16.0. The second kappa shape index (κ2) is 7.32. The van der Waals surface area contributed by atoms with Gasteiger partial charge in [-0.2, -0.15) is 13.2 Å². The van der Waals surface area contributed by atoms with Crippen LogP contribution in [0.25, 0.3) is 0 Å². The van der Waals surface area contributed by atoms with Crippen LogP contribution < -0.4 is 5.73 Å². The molecule has 1 unspecified atom stereocenters. The van der Waals surface area contributed by atoms with E-state index >= 15 is 0 Å². The lowest BCUT2D eigenvalue weighted by Gasteiger charge is -2.19. The molecule has 0 aliphatic carbocycles. The van der Waals surface area contributed by atoms with Gasteiger partial charge in [0.2, 0.25) is 0 Å². The van der Waals surface area contributed by atoms with Gasteiger partial charge in [0.25, 0.3) is 0 Å². The van der Waals surface area contributed by atoms with Crippen LogP contribution in [-0.4, -0.2) is 34.9 Å². The van der Waals surface area contributed by atoms with Crippen LogP contribution in [0.5, 0.6) is 0 Å². The fourth-order valence-electron chi connectivity index (χ4n) is 0.621. The number of alkyl halides is 3. The summed E-state index contributed by atoms with van der Waals surface area (Å²) in [5.41, 5.74) is 4.07. The summed E-state index contributed by atoms with van der Waals surface area (Å²) in [5.74, 6) is -3.06. The van der Waals surface area contributed by atoms with Gasteiger partial charge >= 0.3 is 18.1 Å². The van der Waals surface area contributed by atoms with Gasteiger partial charge < -0.3 is 15.6 Å². The van der Waals surface area contributed by atoms with Crippen LogP contribution in [0.1, 0.15) is 34.6 Å². The third kappa shape index (κ3) is 11.5. The molecule has 0 bridgehead atoms. The van der Waals surface area contributed by atoms with Crippen LogP contribution in [-0.2, 0) is 14.3 Å². The van der Waals surface area contributed by atoms with E-state index in [2.05, 4.69) is 4.74 Å². The molecule has 0 aliphatic heterocycles. The Morgan fingerprint density at radius 1 is 1.16 bits per heavy atom. The number of esters is 1. The van der Waals surface area contributed by atoms with Crippen LogP contribution >= 0.6 is 0 Å². The normalized spacial score (nSPS) is 13.4. The first kappa shape index (κ1) is 20.0. The lowest BCUT2D eigenvalue weighted by molar-refractivity contribution is -0.210. The minimum atomic E-state index is -4.90. The minimum absolute atomic E-state index is 0.0208. The summed E-state index contributed by atoms with van der Waals surface area (Å²) in [5, 5.41) is 8.23. The first-order chi connectivity index (χ1) is 8.18. The van der Waals surface area contributed by atoms with E-state index in [4.69, 9.17) is 10.8 Å². The number of carbonyl (C=O) groups is 2. The summed E-state index contributed by atoms with van der Waals surface area (Å²) >= 11 is 0. The van der Waals surface area contributed by atoms with Gasteiger partial charge in [0.05, 0.1) is 0 Å². The van der Waals surface area contributed by atoms with E-state index in [1.165, 1.54) is 20.8 Å². The predicted molar refractivity (Wildman–Crippen MR) is 62.3 cm³/mol. The van der Waals surface area contributed by atoms with Crippen molar-refractivity contribution >= 4 is 11.9 Å². The van der Waals surface area contributed by atoms with E-state index in [-0.39, 0.29) is 5.92 Å². The first-order valence-corrected chi connectivity index (χ1v) is 5.47. The quantitative estimate of drug-likeness (QED) is 0.758. The fraction of sp³-hybridized carbons (Fsp3) is 0.818. The van der Waals surface area contributed by atoms with Crippen molar-refractivity contribution in [2.45, 2.75) is 52.4 Å². The number of halogens is 3. The van der Waals surface area contributed by atoms with Gasteiger partial charge in [-0.1, -0.05) is 13.8 Å². The van der Waals surface area contributed by atoms with Gasteiger partial charge in [-0.25, -0.2) is 4.79 Å². The van der Waals surface area contributed by atoms with Crippen LogP contribution in [0.3, 0.4) is 0 Å². The van der Waals surface area contributed by atoms with Crippen LogP contribution in [0.4, 0.5) is 13.2 Å². The number of nitrogens with two attached hydrogens (primary N) is 1. The maximum absolute atomic E-state index is 11.5. The molecule has 8 heteroatoms. The standard InChI is InChI=1S/C6H9F3O2.C5H11NO2/c1-5(2,3)11-4(10)6(7,8)9;1-3(2)4(6)5(7)8/h1-3H3;3-4H,6H2,1-2H3,(H,7,8). The molecule has 0 aromatic rings. The Morgan fingerprint density at radius 3 is 1.58 bits per heavy atom. The molecule has 0 saturated heterocycles. The Bertz CT molecular complexity index is 308. The predicted octanol–water partition coefficient (Wildman–Crippen LogP) is 1.94. The lowest BCUT2D eigenvalue weighted by Crippen LogP contribution is -2.34. The highest BCUT2D eigenvalue weighted by Gasteiger charge is 2.42. The molecule has 0 aliphatic rings. The molecule has 0 amide bonds. The zero-order valence-electron chi connectivity index (χ0n) is 11.5. The zero-order valence-corrected chi connectivity index (χ0v) is 11.5. The third-order valence-electron chi connectivity index (χ3n) is 1.63. The summed E-state index contributed by atoms with van der Waals surface area (Å²) in [7, 11) is 0. The first-order valence-electron chi connectivity index (χ1n) is 5.47. The summed E-state index contributed by atoms with van der Waals surface area (Å²) in [4.78, 5) is 20.1. The van der Waals surface area contributed by atoms with Gasteiger partial charge in [0.1, 0.15) is 11.6 Å². The minimum Gasteiger partial charge on any atom is -0.480 e. The summed E-state index contributed by atoms with van der Waals surface area (Å²) in [6.07, 6.45) is -4.90. The molecule has 5 nitrogen and oxygen atoms in total. The number of rotatable bonds is 2. The van der Waals surface area contributed by atoms with Crippen LogP contribution in [0.15, 0.2) is 0 Å². The molecule has 0 spiro atoms. The number of aliphatic carboxylic acids is 1. The maximum atomic E-state index is 11.5. The van der Waals surface area contributed by atoms with Crippen molar-refractivity contribution < 1.29 is 32.6 Å². The number of carboxylic acid groups (broad SMARTS) is 1. The number of carboxylic acids is 1. The van der Waals surface area contributed by atoms with Gasteiger partial charge in [0.15, 0.2) is 0 Å². The monoisotopic (exact) mass is 287 g/mol. The number of hydrogen-bond acceptors (Lipinski definition) is 4. The highest BCUT2D eigenvalue weighted by Crippen LogP contribution is 2.20. The Labute approximate surface area is 109 Å². The van der Waals surface area contributed by atoms with E-state index in [1.807, 2.05) is 0 Å². The topological polar surface area (TPSA) is 89.6 Å². The van der Waals surface area contributed by atoms with Crippen molar-refractivity contribution in [1.29, 1.82) is 0 Å². The van der Waals surface area contributed by atoms with Crippen molar-refractivity contribution in [3.63, 3.8) is 0 Å². The van der Waals surface area contributed by atoms with Crippen molar-refractivity contribution in [2.75, 3.05) is 0 Å². The molecule has 0 aromatic heterocycles. The molecule has 19 heavy (non-hydrogen) atoms. The van der Waals surface area contributed by atoms with E-state index in [0.717, 1.165) is 0 Å². The van der Waals surface area contributed by atoms with Crippen LogP contribution in [0, 0.1) is 5.92 Å².